The van der Waals surface area contributed by atoms with E-state index in [2.05, 4.69) is 17.1 Å². The summed E-state index contributed by atoms with van der Waals surface area (Å²) in [6.45, 7) is 5.82. The molecule has 2 atom stereocenters. The highest BCUT2D eigenvalue weighted by molar-refractivity contribution is 5.85. The molecule has 1 N–H and O–H groups in total. The Morgan fingerprint density at radius 3 is 2.90 bits per heavy atom. The van der Waals surface area contributed by atoms with Crippen LogP contribution in [0.25, 0.3) is 0 Å². The smallest absolute Gasteiger partial charge is 0.231 e. The minimum Gasteiger partial charge on any atom is -0.492 e. The second-order valence-electron chi connectivity index (χ2n) is 6.17. The second-order valence-corrected chi connectivity index (χ2v) is 6.17. The van der Waals surface area contributed by atoms with Crippen LogP contribution in [0.2, 0.25) is 0 Å². The van der Waals surface area contributed by atoms with Gasteiger partial charge in [0.2, 0.25) is 5.91 Å². The number of piperidine rings is 1. The van der Waals surface area contributed by atoms with Crippen LogP contribution in [0.5, 0.6) is 5.75 Å². The molecule has 1 aromatic rings. The number of fused-ring (bicyclic) bond motifs is 1. The van der Waals surface area contributed by atoms with E-state index in [0.717, 1.165) is 30.9 Å². The molecule has 2 aliphatic heterocycles. The number of benzene rings is 1. The molecule has 0 radical (unpaired) electrons. The minimum atomic E-state index is -0.162. The predicted octanol–water partition coefficient (Wildman–Crippen LogP) is 2.15. The Kier molecular flexibility index (Phi) is 4.44. The van der Waals surface area contributed by atoms with Crippen LogP contribution in [-0.4, -0.2) is 43.1 Å². The van der Waals surface area contributed by atoms with Gasteiger partial charge in [-0.2, -0.15) is 0 Å². The molecule has 1 aromatic carbocycles. The van der Waals surface area contributed by atoms with Gasteiger partial charge in [-0.1, -0.05) is 24.6 Å². The van der Waals surface area contributed by atoms with Crippen molar-refractivity contribution in [2.45, 2.75) is 38.1 Å². The number of likely N-dealkylation sites (tertiary alicyclic amines) is 1. The van der Waals surface area contributed by atoms with Crippen LogP contribution >= 0.6 is 0 Å². The van der Waals surface area contributed by atoms with Gasteiger partial charge in [-0.15, -0.1) is 0 Å². The van der Waals surface area contributed by atoms with Crippen molar-refractivity contribution in [2.24, 2.45) is 0 Å². The van der Waals surface area contributed by atoms with E-state index in [-0.39, 0.29) is 17.9 Å². The highest BCUT2D eigenvalue weighted by atomic mass is 16.5. The quantitative estimate of drug-likeness (QED) is 0.923. The first-order chi connectivity index (χ1) is 10.2. The summed E-state index contributed by atoms with van der Waals surface area (Å²) in [4.78, 5) is 14.9. The van der Waals surface area contributed by atoms with Gasteiger partial charge in [0, 0.05) is 18.2 Å². The van der Waals surface area contributed by atoms with E-state index in [4.69, 9.17) is 4.74 Å². The van der Waals surface area contributed by atoms with Crippen LogP contribution in [0.4, 0.5) is 0 Å². The molecule has 0 bridgehead atoms. The van der Waals surface area contributed by atoms with Crippen molar-refractivity contribution in [1.82, 2.24) is 10.2 Å². The van der Waals surface area contributed by atoms with Crippen LogP contribution in [0.15, 0.2) is 24.3 Å². The number of hydrogen-bond acceptors (Lipinski definition) is 3. The third-order valence-electron chi connectivity index (χ3n) is 4.39. The summed E-state index contributed by atoms with van der Waals surface area (Å²) in [5.74, 6) is 0.774. The number of rotatable bonds is 4. The number of nitrogens with one attached hydrogen (secondary N) is 1. The molecule has 2 aliphatic rings. The predicted molar refractivity (Wildman–Crippen MR) is 82.6 cm³/mol. The molecular formula is C17H24N2O2. The van der Waals surface area contributed by atoms with E-state index >= 15 is 0 Å². The van der Waals surface area contributed by atoms with E-state index in [1.54, 1.807) is 0 Å². The second kappa shape index (κ2) is 6.48. The molecule has 4 nitrogen and oxygen atoms in total. The number of hydrogen-bond donors (Lipinski definition) is 1. The largest absolute Gasteiger partial charge is 0.492 e. The van der Waals surface area contributed by atoms with E-state index in [9.17, 15) is 4.79 Å². The maximum atomic E-state index is 12.5. The number of para-hydroxylation sites is 1. The SMILES string of the molecule is CC(CN1CCCCC1)NC(=O)C1COc2ccccc21. The van der Waals surface area contributed by atoms with Gasteiger partial charge >= 0.3 is 0 Å². The van der Waals surface area contributed by atoms with Crippen molar-refractivity contribution in [3.8, 4) is 5.75 Å². The Hall–Kier alpha value is -1.55. The van der Waals surface area contributed by atoms with Crippen LogP contribution in [0.3, 0.4) is 0 Å². The van der Waals surface area contributed by atoms with Crippen molar-refractivity contribution in [1.29, 1.82) is 0 Å². The zero-order valence-corrected chi connectivity index (χ0v) is 12.7. The number of amides is 1. The molecule has 114 valence electrons. The van der Waals surface area contributed by atoms with Gasteiger partial charge in [0.15, 0.2) is 0 Å². The normalized spacial score (nSPS) is 23.2. The van der Waals surface area contributed by atoms with Crippen LogP contribution < -0.4 is 10.1 Å². The molecule has 1 amide bonds. The first-order valence-electron chi connectivity index (χ1n) is 7.98. The number of ether oxygens (including phenoxy) is 1. The molecule has 2 unspecified atom stereocenters. The first kappa shape index (κ1) is 14.4. The van der Waals surface area contributed by atoms with Crippen molar-refractivity contribution in [2.75, 3.05) is 26.2 Å². The summed E-state index contributed by atoms with van der Waals surface area (Å²) in [5.41, 5.74) is 1.01. The molecule has 1 fully saturated rings. The lowest BCUT2D eigenvalue weighted by Crippen LogP contribution is -2.45. The molecule has 21 heavy (non-hydrogen) atoms. The maximum absolute atomic E-state index is 12.5. The molecule has 3 rings (SSSR count). The van der Waals surface area contributed by atoms with Gasteiger partial charge in [-0.3, -0.25) is 4.79 Å². The Labute approximate surface area is 126 Å². The number of nitrogens with zero attached hydrogens (tertiary/aromatic N) is 1. The summed E-state index contributed by atoms with van der Waals surface area (Å²) in [7, 11) is 0. The third-order valence-corrected chi connectivity index (χ3v) is 4.39. The lowest BCUT2D eigenvalue weighted by Gasteiger charge is -2.29. The minimum absolute atomic E-state index is 0.0875. The molecule has 1 saturated heterocycles. The molecule has 0 aromatic heterocycles. The fraction of sp³-hybridized carbons (Fsp3) is 0.588. The van der Waals surface area contributed by atoms with Gasteiger partial charge < -0.3 is 15.0 Å². The Bertz CT molecular complexity index is 497. The van der Waals surface area contributed by atoms with Crippen molar-refractivity contribution in [3.05, 3.63) is 29.8 Å². The lowest BCUT2D eigenvalue weighted by atomic mass is 10.00. The Morgan fingerprint density at radius 1 is 1.33 bits per heavy atom. The van der Waals surface area contributed by atoms with Gasteiger partial charge in [0.1, 0.15) is 18.3 Å². The first-order valence-corrected chi connectivity index (χ1v) is 7.98. The van der Waals surface area contributed by atoms with Gasteiger partial charge in [0.05, 0.1) is 0 Å². The van der Waals surface area contributed by atoms with Gasteiger partial charge in [-0.05, 0) is 38.9 Å². The standard InChI is InChI=1S/C17H24N2O2/c1-13(11-19-9-5-2-6-10-19)18-17(20)15-12-21-16-8-4-3-7-14(15)16/h3-4,7-8,13,15H,2,5-6,9-12H2,1H3,(H,18,20). The monoisotopic (exact) mass is 288 g/mol. The highest BCUT2D eigenvalue weighted by Gasteiger charge is 2.30. The van der Waals surface area contributed by atoms with Crippen LogP contribution in [0, 0.1) is 0 Å². The van der Waals surface area contributed by atoms with Crippen molar-refractivity contribution >= 4 is 5.91 Å². The topological polar surface area (TPSA) is 41.6 Å². The van der Waals surface area contributed by atoms with Crippen molar-refractivity contribution in [3.63, 3.8) is 0 Å². The highest BCUT2D eigenvalue weighted by Crippen LogP contribution is 2.33. The summed E-state index contributed by atoms with van der Waals surface area (Å²) in [5, 5.41) is 3.15. The lowest BCUT2D eigenvalue weighted by molar-refractivity contribution is -0.123. The van der Waals surface area contributed by atoms with E-state index in [1.165, 1.54) is 19.3 Å². The molecule has 2 heterocycles. The summed E-state index contributed by atoms with van der Waals surface area (Å²) in [6, 6.07) is 8.01. The van der Waals surface area contributed by atoms with Crippen LogP contribution in [0.1, 0.15) is 37.7 Å². The molecule has 4 heteroatoms. The van der Waals surface area contributed by atoms with E-state index in [0.29, 0.717) is 6.61 Å². The zero-order chi connectivity index (χ0) is 14.7. The average Bonchev–Trinajstić information content (AvgIpc) is 2.92. The molecule has 0 spiro atoms. The van der Waals surface area contributed by atoms with E-state index in [1.807, 2.05) is 24.3 Å². The molecular weight excluding hydrogens is 264 g/mol. The zero-order valence-electron chi connectivity index (χ0n) is 12.7. The van der Waals surface area contributed by atoms with Gasteiger partial charge in [0.25, 0.3) is 0 Å². The fourth-order valence-electron chi connectivity index (χ4n) is 3.30. The fourth-order valence-corrected chi connectivity index (χ4v) is 3.30. The number of carbonyl (C=O) groups is 1. The Balaban J connectivity index is 1.54. The summed E-state index contributed by atoms with van der Waals surface area (Å²) >= 11 is 0. The van der Waals surface area contributed by atoms with E-state index < -0.39 is 0 Å². The number of carbonyl (C=O) groups excluding carboxylic acids is 1. The summed E-state index contributed by atoms with van der Waals surface area (Å²) in [6.07, 6.45) is 3.91. The Morgan fingerprint density at radius 2 is 2.10 bits per heavy atom. The van der Waals surface area contributed by atoms with Crippen molar-refractivity contribution < 1.29 is 9.53 Å². The maximum Gasteiger partial charge on any atom is 0.231 e. The third kappa shape index (κ3) is 3.38. The summed E-state index contributed by atoms with van der Waals surface area (Å²) < 4.78 is 5.59. The molecule has 0 aliphatic carbocycles. The molecule has 0 saturated carbocycles. The average molecular weight is 288 g/mol. The van der Waals surface area contributed by atoms with Crippen LogP contribution in [-0.2, 0) is 4.79 Å². The van der Waals surface area contributed by atoms with Gasteiger partial charge in [-0.25, -0.2) is 0 Å².